The van der Waals surface area contributed by atoms with Gasteiger partial charge in [-0.15, -0.1) is 11.0 Å². The summed E-state index contributed by atoms with van der Waals surface area (Å²) in [6.07, 6.45) is 1.66. The molecule has 0 N–H and O–H groups in total. The lowest BCUT2D eigenvalue weighted by molar-refractivity contribution is 0.0523. The topological polar surface area (TPSA) is 53.4 Å². The number of thiol groups is 1. The zero-order valence-electron chi connectivity index (χ0n) is 12.4. The fourth-order valence-electron chi connectivity index (χ4n) is 1.92. The third-order valence-corrected chi connectivity index (χ3v) is 3.07. The van der Waals surface area contributed by atoms with Crippen LogP contribution in [0.3, 0.4) is 0 Å². The van der Waals surface area contributed by atoms with E-state index < -0.39 is 0 Å². The zero-order valence-corrected chi connectivity index (χ0v) is 13.3. The standard InChI is InChI=1S/C16H16N2O3S/c1-3-6-12-7-5-8-13(16(19)20-4-2)14(12)11-21-15-9-10-18(22)17-15/h5,7-10,22H,4,11H2,1-2H3. The first-order valence-corrected chi connectivity index (χ1v) is 7.15. The number of ether oxygens (including phenoxy) is 2. The number of nitrogens with zero attached hydrogens (tertiary/aromatic N) is 2. The normalized spacial score (nSPS) is 9.77. The molecule has 5 nitrogen and oxygen atoms in total. The van der Waals surface area contributed by atoms with E-state index in [1.165, 1.54) is 4.09 Å². The van der Waals surface area contributed by atoms with E-state index >= 15 is 0 Å². The number of aromatic nitrogens is 2. The van der Waals surface area contributed by atoms with Crippen molar-refractivity contribution in [1.29, 1.82) is 0 Å². The maximum Gasteiger partial charge on any atom is 0.338 e. The second kappa shape index (κ2) is 7.57. The summed E-state index contributed by atoms with van der Waals surface area (Å²) < 4.78 is 12.0. The summed E-state index contributed by atoms with van der Waals surface area (Å²) in [6.45, 7) is 3.99. The van der Waals surface area contributed by atoms with E-state index in [9.17, 15) is 4.79 Å². The second-order valence-electron chi connectivity index (χ2n) is 4.29. The number of esters is 1. The summed E-state index contributed by atoms with van der Waals surface area (Å²) >= 11 is 4.05. The molecule has 114 valence electrons. The molecule has 0 saturated heterocycles. The minimum atomic E-state index is -0.388. The van der Waals surface area contributed by atoms with Crippen LogP contribution in [0, 0.1) is 11.8 Å². The van der Waals surface area contributed by atoms with Crippen LogP contribution in [-0.2, 0) is 11.3 Å². The van der Waals surface area contributed by atoms with Gasteiger partial charge in [0.25, 0.3) is 0 Å². The van der Waals surface area contributed by atoms with Crippen molar-refractivity contribution < 1.29 is 14.3 Å². The minimum absolute atomic E-state index is 0.170. The van der Waals surface area contributed by atoms with Gasteiger partial charge in [0.2, 0.25) is 5.88 Å². The third-order valence-electron chi connectivity index (χ3n) is 2.85. The van der Waals surface area contributed by atoms with Gasteiger partial charge in [0.15, 0.2) is 0 Å². The van der Waals surface area contributed by atoms with Gasteiger partial charge in [-0.05, 0) is 38.8 Å². The van der Waals surface area contributed by atoms with E-state index in [-0.39, 0.29) is 12.6 Å². The number of carbonyl (C=O) groups excluding carboxylic acids is 1. The van der Waals surface area contributed by atoms with Crippen molar-refractivity contribution in [3.8, 4) is 17.7 Å². The lowest BCUT2D eigenvalue weighted by Gasteiger charge is -2.11. The molecule has 0 spiro atoms. The SMILES string of the molecule is CC#Cc1cccc(C(=O)OCC)c1COc1ccn(S)n1. The molecule has 0 amide bonds. The maximum atomic E-state index is 12.1. The lowest BCUT2D eigenvalue weighted by Crippen LogP contribution is -2.11. The summed E-state index contributed by atoms with van der Waals surface area (Å²) in [6, 6.07) is 7.01. The third kappa shape index (κ3) is 3.83. The number of carbonyl (C=O) groups is 1. The second-order valence-corrected chi connectivity index (χ2v) is 4.70. The molecule has 0 fully saturated rings. The number of benzene rings is 1. The molecule has 0 bridgehead atoms. The van der Waals surface area contributed by atoms with Crippen LogP contribution in [0.15, 0.2) is 30.5 Å². The van der Waals surface area contributed by atoms with Crippen molar-refractivity contribution in [2.24, 2.45) is 0 Å². The van der Waals surface area contributed by atoms with Crippen LogP contribution in [-0.4, -0.2) is 21.8 Å². The molecule has 0 atom stereocenters. The molecule has 1 aromatic carbocycles. The maximum absolute atomic E-state index is 12.1. The lowest BCUT2D eigenvalue weighted by atomic mass is 10.0. The largest absolute Gasteiger partial charge is 0.472 e. The summed E-state index contributed by atoms with van der Waals surface area (Å²) in [5.74, 6) is 5.84. The Balaban J connectivity index is 2.31. The van der Waals surface area contributed by atoms with Crippen LogP contribution in [0.1, 0.15) is 35.3 Å². The average molecular weight is 316 g/mol. The molecule has 0 saturated carbocycles. The van der Waals surface area contributed by atoms with Gasteiger partial charge in [0, 0.05) is 23.4 Å². The van der Waals surface area contributed by atoms with E-state index in [2.05, 4.69) is 29.8 Å². The van der Waals surface area contributed by atoms with Crippen molar-refractivity contribution in [3.05, 3.63) is 47.2 Å². The van der Waals surface area contributed by atoms with Crippen LogP contribution in [0.4, 0.5) is 0 Å². The molecule has 22 heavy (non-hydrogen) atoms. The molecule has 0 aliphatic rings. The fraction of sp³-hybridized carbons (Fsp3) is 0.250. The van der Waals surface area contributed by atoms with Crippen molar-refractivity contribution in [2.75, 3.05) is 6.61 Å². The van der Waals surface area contributed by atoms with Crippen molar-refractivity contribution >= 4 is 18.8 Å². The fourth-order valence-corrected chi connectivity index (χ4v) is 2.07. The molecular weight excluding hydrogens is 300 g/mol. The molecule has 1 aromatic heterocycles. The first-order chi connectivity index (χ1) is 10.7. The monoisotopic (exact) mass is 316 g/mol. The van der Waals surface area contributed by atoms with Gasteiger partial charge in [0.1, 0.15) is 6.61 Å². The molecule has 1 heterocycles. The Bertz CT molecular complexity index is 728. The predicted octanol–water partition coefficient (Wildman–Crippen LogP) is 2.70. The van der Waals surface area contributed by atoms with Crippen LogP contribution in [0.2, 0.25) is 0 Å². The van der Waals surface area contributed by atoms with Crippen LogP contribution < -0.4 is 4.74 Å². The first kappa shape index (κ1) is 16.0. The summed E-state index contributed by atoms with van der Waals surface area (Å²) in [5.41, 5.74) is 1.87. The molecule has 0 radical (unpaired) electrons. The van der Waals surface area contributed by atoms with Gasteiger partial charge in [-0.2, -0.15) is 0 Å². The molecule has 6 heteroatoms. The number of rotatable bonds is 5. The van der Waals surface area contributed by atoms with Gasteiger partial charge < -0.3 is 9.47 Å². The molecule has 2 rings (SSSR count). The molecule has 0 unspecified atom stereocenters. The quantitative estimate of drug-likeness (QED) is 0.523. The van der Waals surface area contributed by atoms with E-state index in [1.54, 1.807) is 38.2 Å². The Kier molecular flexibility index (Phi) is 5.50. The predicted molar refractivity (Wildman–Crippen MR) is 85.9 cm³/mol. The van der Waals surface area contributed by atoms with Crippen molar-refractivity contribution in [2.45, 2.75) is 20.5 Å². The van der Waals surface area contributed by atoms with Gasteiger partial charge in [-0.1, -0.05) is 12.0 Å². The van der Waals surface area contributed by atoms with E-state index in [0.717, 1.165) is 5.56 Å². The zero-order chi connectivity index (χ0) is 15.9. The Morgan fingerprint density at radius 3 is 2.86 bits per heavy atom. The van der Waals surface area contributed by atoms with Crippen LogP contribution >= 0.6 is 12.8 Å². The minimum Gasteiger partial charge on any atom is -0.472 e. The van der Waals surface area contributed by atoms with Gasteiger partial charge >= 0.3 is 5.97 Å². The Labute approximate surface area is 134 Å². The Hall–Kier alpha value is -2.39. The molecular formula is C16H16N2O3S. The van der Waals surface area contributed by atoms with Crippen LogP contribution in [0.5, 0.6) is 5.88 Å². The number of hydrogen-bond donors (Lipinski definition) is 1. The van der Waals surface area contributed by atoms with Crippen molar-refractivity contribution in [3.63, 3.8) is 0 Å². The highest BCUT2D eigenvalue weighted by molar-refractivity contribution is 7.78. The van der Waals surface area contributed by atoms with Gasteiger partial charge in [-0.25, -0.2) is 8.88 Å². The number of hydrogen-bond acceptors (Lipinski definition) is 5. The Morgan fingerprint density at radius 2 is 2.23 bits per heavy atom. The van der Waals surface area contributed by atoms with Gasteiger partial charge in [-0.3, -0.25) is 0 Å². The molecule has 0 aliphatic heterocycles. The smallest absolute Gasteiger partial charge is 0.338 e. The van der Waals surface area contributed by atoms with Gasteiger partial charge in [0.05, 0.1) is 12.2 Å². The van der Waals surface area contributed by atoms with Crippen LogP contribution in [0.25, 0.3) is 0 Å². The van der Waals surface area contributed by atoms with Crippen molar-refractivity contribution in [1.82, 2.24) is 9.19 Å². The molecule has 0 aliphatic carbocycles. The van der Waals surface area contributed by atoms with E-state index in [4.69, 9.17) is 9.47 Å². The van der Waals surface area contributed by atoms with E-state index in [1.807, 2.05) is 6.07 Å². The summed E-state index contributed by atoms with van der Waals surface area (Å²) in [7, 11) is 0. The summed E-state index contributed by atoms with van der Waals surface area (Å²) in [5, 5.41) is 4.02. The first-order valence-electron chi connectivity index (χ1n) is 6.75. The van der Waals surface area contributed by atoms with E-state index in [0.29, 0.717) is 23.6 Å². The summed E-state index contributed by atoms with van der Waals surface area (Å²) in [4.78, 5) is 12.1. The molecule has 2 aromatic rings. The average Bonchev–Trinajstić information content (AvgIpc) is 2.92. The highest BCUT2D eigenvalue weighted by atomic mass is 32.1. The Morgan fingerprint density at radius 1 is 1.41 bits per heavy atom. The highest BCUT2D eigenvalue weighted by Gasteiger charge is 2.16. The highest BCUT2D eigenvalue weighted by Crippen LogP contribution is 2.18.